The molecule has 2 saturated carbocycles. The van der Waals surface area contributed by atoms with Gasteiger partial charge in [-0.3, -0.25) is 0 Å². The zero-order chi connectivity index (χ0) is 14.6. The lowest BCUT2D eigenvalue weighted by atomic mass is 9.71. The van der Waals surface area contributed by atoms with Crippen LogP contribution in [0.5, 0.6) is 0 Å². The summed E-state index contributed by atoms with van der Waals surface area (Å²) in [6, 6.07) is 0.817. The van der Waals surface area contributed by atoms with Gasteiger partial charge in [0.25, 0.3) is 0 Å². The first-order valence-corrected chi connectivity index (χ1v) is 9.22. The van der Waals surface area contributed by atoms with Gasteiger partial charge in [-0.15, -0.1) is 0 Å². The molecule has 0 heterocycles. The maximum atomic E-state index is 3.90. The van der Waals surface area contributed by atoms with E-state index in [1.54, 1.807) is 0 Å². The third-order valence-electron chi connectivity index (χ3n) is 6.19. The average Bonchev–Trinajstić information content (AvgIpc) is 2.45. The average molecular weight is 280 g/mol. The second kappa shape index (κ2) is 7.29. The standard InChI is InChI=1S/C19H37N/c1-5-15-6-8-16(9-7-15)14-20-18-12-10-17(11-13-18)19(2,3)4/h15-18,20H,5-14H2,1-4H3. The largest absolute Gasteiger partial charge is 0.314 e. The summed E-state index contributed by atoms with van der Waals surface area (Å²) in [6.07, 6.45) is 13.0. The van der Waals surface area contributed by atoms with E-state index in [0.717, 1.165) is 23.8 Å². The quantitative estimate of drug-likeness (QED) is 0.727. The van der Waals surface area contributed by atoms with Gasteiger partial charge in [0, 0.05) is 6.04 Å². The number of hydrogen-bond donors (Lipinski definition) is 1. The minimum Gasteiger partial charge on any atom is -0.314 e. The van der Waals surface area contributed by atoms with Crippen LogP contribution in [0.1, 0.15) is 85.5 Å². The molecule has 0 amide bonds. The number of nitrogens with one attached hydrogen (secondary N) is 1. The van der Waals surface area contributed by atoms with Crippen LogP contribution >= 0.6 is 0 Å². The molecule has 0 aromatic rings. The van der Waals surface area contributed by atoms with Crippen LogP contribution < -0.4 is 5.32 Å². The molecular formula is C19H37N. The van der Waals surface area contributed by atoms with Gasteiger partial charge in [0.05, 0.1) is 0 Å². The second-order valence-corrected chi connectivity index (χ2v) is 8.62. The lowest BCUT2D eigenvalue weighted by molar-refractivity contribution is 0.155. The summed E-state index contributed by atoms with van der Waals surface area (Å²) in [5, 5.41) is 3.90. The molecule has 2 aliphatic rings. The molecule has 2 rings (SSSR count). The predicted molar refractivity (Wildman–Crippen MR) is 88.9 cm³/mol. The fourth-order valence-corrected chi connectivity index (χ4v) is 4.34. The Morgan fingerprint density at radius 3 is 1.85 bits per heavy atom. The molecule has 1 N–H and O–H groups in total. The van der Waals surface area contributed by atoms with Crippen LogP contribution in [0, 0.1) is 23.2 Å². The summed E-state index contributed by atoms with van der Waals surface area (Å²) in [4.78, 5) is 0. The molecule has 0 radical (unpaired) electrons. The zero-order valence-electron chi connectivity index (χ0n) is 14.4. The van der Waals surface area contributed by atoms with Crippen LogP contribution in [0.4, 0.5) is 0 Å². The van der Waals surface area contributed by atoms with E-state index in [4.69, 9.17) is 0 Å². The molecule has 118 valence electrons. The van der Waals surface area contributed by atoms with Crippen LogP contribution in [0.2, 0.25) is 0 Å². The van der Waals surface area contributed by atoms with Gasteiger partial charge >= 0.3 is 0 Å². The molecule has 0 aromatic carbocycles. The lowest BCUT2D eigenvalue weighted by Gasteiger charge is -2.38. The van der Waals surface area contributed by atoms with Crippen molar-refractivity contribution in [1.29, 1.82) is 0 Å². The molecule has 1 nitrogen and oxygen atoms in total. The molecule has 0 aliphatic heterocycles. The summed E-state index contributed by atoms with van der Waals surface area (Å²) < 4.78 is 0. The first kappa shape index (κ1) is 16.3. The third kappa shape index (κ3) is 4.76. The van der Waals surface area contributed by atoms with Crippen molar-refractivity contribution >= 4 is 0 Å². The number of rotatable bonds is 4. The SMILES string of the molecule is CCC1CCC(CNC2CCC(C(C)(C)C)CC2)CC1. The monoisotopic (exact) mass is 279 g/mol. The van der Waals surface area contributed by atoms with E-state index in [1.807, 2.05) is 0 Å². The number of hydrogen-bond acceptors (Lipinski definition) is 1. The zero-order valence-corrected chi connectivity index (χ0v) is 14.4. The van der Waals surface area contributed by atoms with Crippen molar-refractivity contribution in [2.75, 3.05) is 6.54 Å². The second-order valence-electron chi connectivity index (χ2n) is 8.62. The summed E-state index contributed by atoms with van der Waals surface area (Å²) in [7, 11) is 0. The van der Waals surface area contributed by atoms with E-state index in [0.29, 0.717) is 5.41 Å². The Morgan fingerprint density at radius 1 is 0.800 bits per heavy atom. The summed E-state index contributed by atoms with van der Waals surface area (Å²) >= 11 is 0. The van der Waals surface area contributed by atoms with Crippen molar-refractivity contribution in [3.05, 3.63) is 0 Å². The van der Waals surface area contributed by atoms with Crippen LogP contribution in [-0.2, 0) is 0 Å². The van der Waals surface area contributed by atoms with Crippen molar-refractivity contribution in [3.63, 3.8) is 0 Å². The van der Waals surface area contributed by atoms with E-state index in [-0.39, 0.29) is 0 Å². The van der Waals surface area contributed by atoms with E-state index >= 15 is 0 Å². The molecule has 0 bridgehead atoms. The molecule has 1 heteroatoms. The predicted octanol–water partition coefficient (Wildman–Crippen LogP) is 5.40. The van der Waals surface area contributed by atoms with Gasteiger partial charge in [-0.05, 0) is 68.2 Å². The Kier molecular flexibility index (Phi) is 5.95. The summed E-state index contributed by atoms with van der Waals surface area (Å²) in [5.74, 6) is 2.95. The van der Waals surface area contributed by atoms with Crippen LogP contribution in [-0.4, -0.2) is 12.6 Å². The Morgan fingerprint density at radius 2 is 1.35 bits per heavy atom. The first-order valence-electron chi connectivity index (χ1n) is 9.22. The van der Waals surface area contributed by atoms with Gasteiger partial charge in [-0.2, -0.15) is 0 Å². The molecule has 0 spiro atoms. The lowest BCUT2D eigenvalue weighted by Crippen LogP contribution is -2.39. The first-order chi connectivity index (χ1) is 9.49. The summed E-state index contributed by atoms with van der Waals surface area (Å²) in [6.45, 7) is 10.9. The van der Waals surface area contributed by atoms with Gasteiger partial charge in [-0.1, -0.05) is 47.0 Å². The van der Waals surface area contributed by atoms with Crippen LogP contribution in [0.25, 0.3) is 0 Å². The maximum absolute atomic E-state index is 3.90. The van der Waals surface area contributed by atoms with Crippen molar-refractivity contribution < 1.29 is 0 Å². The Labute approximate surface area is 127 Å². The highest BCUT2D eigenvalue weighted by molar-refractivity contribution is 4.84. The van der Waals surface area contributed by atoms with Crippen molar-refractivity contribution in [3.8, 4) is 0 Å². The highest BCUT2D eigenvalue weighted by Crippen LogP contribution is 2.38. The molecule has 0 atom stereocenters. The van der Waals surface area contributed by atoms with Gasteiger partial charge in [0.2, 0.25) is 0 Å². The van der Waals surface area contributed by atoms with E-state index in [2.05, 4.69) is 33.0 Å². The smallest absolute Gasteiger partial charge is 0.00673 e. The Bertz CT molecular complexity index is 262. The normalized spacial score (nSPS) is 36.0. The molecule has 0 unspecified atom stereocenters. The van der Waals surface area contributed by atoms with Gasteiger partial charge in [0.15, 0.2) is 0 Å². The van der Waals surface area contributed by atoms with Crippen LogP contribution in [0.3, 0.4) is 0 Å². The molecule has 2 fully saturated rings. The maximum Gasteiger partial charge on any atom is 0.00673 e. The third-order valence-corrected chi connectivity index (χ3v) is 6.19. The van der Waals surface area contributed by atoms with Crippen molar-refractivity contribution in [2.24, 2.45) is 23.2 Å². The fraction of sp³-hybridized carbons (Fsp3) is 1.00. The molecule has 0 aromatic heterocycles. The molecule has 2 aliphatic carbocycles. The Hall–Kier alpha value is -0.0400. The molecule has 20 heavy (non-hydrogen) atoms. The van der Waals surface area contributed by atoms with Gasteiger partial charge in [-0.25, -0.2) is 0 Å². The fourth-order valence-electron chi connectivity index (χ4n) is 4.34. The highest BCUT2D eigenvalue weighted by atomic mass is 14.9. The van der Waals surface area contributed by atoms with Crippen molar-refractivity contribution in [1.82, 2.24) is 5.32 Å². The van der Waals surface area contributed by atoms with Crippen LogP contribution in [0.15, 0.2) is 0 Å². The van der Waals surface area contributed by atoms with E-state index in [1.165, 1.54) is 64.3 Å². The molecular weight excluding hydrogens is 242 g/mol. The molecule has 0 saturated heterocycles. The van der Waals surface area contributed by atoms with Crippen molar-refractivity contribution in [2.45, 2.75) is 91.5 Å². The highest BCUT2D eigenvalue weighted by Gasteiger charge is 2.30. The van der Waals surface area contributed by atoms with E-state index in [9.17, 15) is 0 Å². The summed E-state index contributed by atoms with van der Waals surface area (Å²) in [5.41, 5.74) is 0.517. The minimum atomic E-state index is 0.517. The van der Waals surface area contributed by atoms with E-state index < -0.39 is 0 Å². The van der Waals surface area contributed by atoms with Gasteiger partial charge in [0.1, 0.15) is 0 Å². The Balaban J connectivity index is 1.62. The topological polar surface area (TPSA) is 12.0 Å². The van der Waals surface area contributed by atoms with Gasteiger partial charge < -0.3 is 5.32 Å². The minimum absolute atomic E-state index is 0.517.